The minimum Gasteiger partial charge on any atom is -0.489 e. The Morgan fingerprint density at radius 2 is 1.74 bits per heavy atom. The van der Waals surface area contributed by atoms with E-state index in [0.29, 0.717) is 18.9 Å². The number of benzene rings is 2. The van der Waals surface area contributed by atoms with Gasteiger partial charge in [-0.3, -0.25) is 5.10 Å². The van der Waals surface area contributed by atoms with Gasteiger partial charge in [-0.15, -0.1) is 12.4 Å². The first-order chi connectivity index (χ1) is 10.8. The van der Waals surface area contributed by atoms with E-state index in [9.17, 15) is 0 Å². The van der Waals surface area contributed by atoms with Gasteiger partial charge in [-0.2, -0.15) is 5.10 Å². The normalized spacial score (nSPS) is 11.5. The van der Waals surface area contributed by atoms with Crippen LogP contribution in [0.1, 0.15) is 23.0 Å². The molecule has 0 amide bonds. The summed E-state index contributed by atoms with van der Waals surface area (Å²) >= 11 is 0. The molecule has 1 heterocycles. The first-order valence-corrected chi connectivity index (χ1v) is 7.18. The number of halogens is 1. The van der Waals surface area contributed by atoms with Crippen molar-refractivity contribution in [1.82, 2.24) is 15.2 Å². The Balaban J connectivity index is 0.00000192. The highest BCUT2D eigenvalue weighted by molar-refractivity contribution is 5.85. The van der Waals surface area contributed by atoms with Crippen LogP contribution in [0.25, 0.3) is 0 Å². The lowest BCUT2D eigenvalue weighted by molar-refractivity contribution is 0.306. The van der Waals surface area contributed by atoms with Gasteiger partial charge in [-0.1, -0.05) is 42.5 Å². The minimum absolute atomic E-state index is 0. The lowest BCUT2D eigenvalue weighted by Gasteiger charge is -2.10. The molecule has 0 radical (unpaired) electrons. The standard InChI is InChI=1S/C17H18N4O.ClH/c18-16(17-19-12-20-21-17)10-13-6-8-15(9-7-13)22-11-14-4-2-1-3-5-14;/h1-9,12,16H,10-11,18H2,(H,19,20,21);1H. The first-order valence-electron chi connectivity index (χ1n) is 7.18. The van der Waals surface area contributed by atoms with E-state index < -0.39 is 0 Å². The molecule has 0 saturated carbocycles. The van der Waals surface area contributed by atoms with Crippen molar-refractivity contribution in [3.05, 3.63) is 77.9 Å². The molecule has 120 valence electrons. The Bertz CT molecular complexity index is 686. The second kappa shape index (κ2) is 8.31. The monoisotopic (exact) mass is 330 g/mol. The predicted molar refractivity (Wildman–Crippen MR) is 91.5 cm³/mol. The summed E-state index contributed by atoms with van der Waals surface area (Å²) in [6.07, 6.45) is 2.17. The van der Waals surface area contributed by atoms with Gasteiger partial charge in [0.1, 0.15) is 24.5 Å². The van der Waals surface area contributed by atoms with Crippen LogP contribution in [0, 0.1) is 0 Å². The SMILES string of the molecule is Cl.NC(Cc1ccc(OCc2ccccc2)cc1)c1ncn[nH]1. The van der Waals surface area contributed by atoms with Crippen molar-refractivity contribution in [3.63, 3.8) is 0 Å². The van der Waals surface area contributed by atoms with E-state index in [1.165, 1.54) is 6.33 Å². The molecular weight excluding hydrogens is 312 g/mol. The average Bonchev–Trinajstić information content (AvgIpc) is 3.10. The maximum atomic E-state index is 6.08. The van der Waals surface area contributed by atoms with E-state index in [4.69, 9.17) is 10.5 Å². The predicted octanol–water partition coefficient (Wildman–Crippen LogP) is 3.05. The van der Waals surface area contributed by atoms with Gasteiger partial charge in [-0.05, 0) is 29.7 Å². The zero-order chi connectivity index (χ0) is 15.2. The summed E-state index contributed by atoms with van der Waals surface area (Å²) in [5, 5.41) is 6.61. The zero-order valence-electron chi connectivity index (χ0n) is 12.6. The first kappa shape index (κ1) is 17.0. The third-order valence-corrected chi connectivity index (χ3v) is 3.41. The van der Waals surface area contributed by atoms with E-state index in [1.54, 1.807) is 0 Å². The van der Waals surface area contributed by atoms with Crippen LogP contribution in [0.4, 0.5) is 0 Å². The molecule has 0 saturated heterocycles. The highest BCUT2D eigenvalue weighted by Crippen LogP contribution is 2.17. The molecule has 1 aromatic heterocycles. The molecule has 3 N–H and O–H groups in total. The van der Waals surface area contributed by atoms with Gasteiger partial charge in [0.2, 0.25) is 0 Å². The lowest BCUT2D eigenvalue weighted by atomic mass is 10.1. The summed E-state index contributed by atoms with van der Waals surface area (Å²) in [4.78, 5) is 4.08. The van der Waals surface area contributed by atoms with Crippen LogP contribution >= 0.6 is 12.4 Å². The van der Waals surface area contributed by atoms with Crippen LogP contribution in [-0.4, -0.2) is 15.2 Å². The molecule has 3 rings (SSSR count). The number of aromatic amines is 1. The van der Waals surface area contributed by atoms with Crippen molar-refractivity contribution in [3.8, 4) is 5.75 Å². The van der Waals surface area contributed by atoms with Crippen LogP contribution < -0.4 is 10.5 Å². The molecule has 0 spiro atoms. The zero-order valence-corrected chi connectivity index (χ0v) is 13.4. The number of H-pyrrole nitrogens is 1. The molecule has 5 nitrogen and oxygen atoms in total. The van der Waals surface area contributed by atoms with Crippen molar-refractivity contribution in [2.75, 3.05) is 0 Å². The summed E-state index contributed by atoms with van der Waals surface area (Å²) in [7, 11) is 0. The molecule has 3 aromatic rings. The Kier molecular flexibility index (Phi) is 6.14. The molecule has 0 aliphatic heterocycles. The van der Waals surface area contributed by atoms with Crippen molar-refractivity contribution in [2.24, 2.45) is 5.73 Å². The highest BCUT2D eigenvalue weighted by Gasteiger charge is 2.09. The summed E-state index contributed by atoms with van der Waals surface area (Å²) < 4.78 is 5.76. The van der Waals surface area contributed by atoms with Gasteiger partial charge in [0, 0.05) is 0 Å². The van der Waals surface area contributed by atoms with Crippen LogP contribution in [0.2, 0.25) is 0 Å². The van der Waals surface area contributed by atoms with E-state index in [2.05, 4.69) is 15.2 Å². The van der Waals surface area contributed by atoms with E-state index in [1.807, 2.05) is 54.6 Å². The molecule has 0 bridgehead atoms. The van der Waals surface area contributed by atoms with Crippen molar-refractivity contribution < 1.29 is 4.74 Å². The van der Waals surface area contributed by atoms with Crippen molar-refractivity contribution >= 4 is 12.4 Å². The number of hydrogen-bond donors (Lipinski definition) is 2. The molecule has 6 heteroatoms. The molecule has 23 heavy (non-hydrogen) atoms. The van der Waals surface area contributed by atoms with Crippen LogP contribution in [-0.2, 0) is 13.0 Å². The largest absolute Gasteiger partial charge is 0.489 e. The van der Waals surface area contributed by atoms with Gasteiger partial charge in [0.25, 0.3) is 0 Å². The van der Waals surface area contributed by atoms with E-state index >= 15 is 0 Å². The second-order valence-electron chi connectivity index (χ2n) is 5.10. The molecule has 1 unspecified atom stereocenters. The Hall–Kier alpha value is -2.37. The fourth-order valence-corrected chi connectivity index (χ4v) is 2.21. The Morgan fingerprint density at radius 3 is 2.39 bits per heavy atom. The summed E-state index contributed by atoms with van der Waals surface area (Å²) in [5.41, 5.74) is 8.37. The molecule has 0 aliphatic rings. The maximum Gasteiger partial charge on any atom is 0.141 e. The van der Waals surface area contributed by atoms with Gasteiger partial charge in [-0.25, -0.2) is 4.98 Å². The fraction of sp³-hybridized carbons (Fsp3) is 0.176. The summed E-state index contributed by atoms with van der Waals surface area (Å²) in [6, 6.07) is 17.9. The molecular formula is C17H19ClN4O. The van der Waals surface area contributed by atoms with E-state index in [0.717, 1.165) is 16.9 Å². The molecule has 0 fully saturated rings. The van der Waals surface area contributed by atoms with E-state index in [-0.39, 0.29) is 18.4 Å². The number of nitrogens with zero attached hydrogens (tertiary/aromatic N) is 2. The maximum absolute atomic E-state index is 6.08. The average molecular weight is 331 g/mol. The second-order valence-corrected chi connectivity index (χ2v) is 5.10. The lowest BCUT2D eigenvalue weighted by Crippen LogP contribution is -2.15. The molecule has 0 aliphatic carbocycles. The fourth-order valence-electron chi connectivity index (χ4n) is 2.21. The summed E-state index contributed by atoms with van der Waals surface area (Å²) in [5.74, 6) is 1.55. The number of ether oxygens (including phenoxy) is 1. The topological polar surface area (TPSA) is 76.8 Å². The van der Waals surface area contributed by atoms with Crippen molar-refractivity contribution in [1.29, 1.82) is 0 Å². The van der Waals surface area contributed by atoms with Gasteiger partial charge in [0.05, 0.1) is 6.04 Å². The number of rotatable bonds is 6. The quantitative estimate of drug-likeness (QED) is 0.728. The minimum atomic E-state index is -0.182. The smallest absolute Gasteiger partial charge is 0.141 e. The van der Waals surface area contributed by atoms with Crippen molar-refractivity contribution in [2.45, 2.75) is 19.1 Å². The number of hydrogen-bond acceptors (Lipinski definition) is 4. The van der Waals surface area contributed by atoms with Crippen LogP contribution in [0.5, 0.6) is 5.75 Å². The molecule has 2 aromatic carbocycles. The van der Waals surface area contributed by atoms with Gasteiger partial charge < -0.3 is 10.5 Å². The van der Waals surface area contributed by atoms with Crippen LogP contribution in [0.3, 0.4) is 0 Å². The Labute approximate surface area is 141 Å². The third kappa shape index (κ3) is 4.81. The number of aromatic nitrogens is 3. The van der Waals surface area contributed by atoms with Gasteiger partial charge in [0.15, 0.2) is 0 Å². The third-order valence-electron chi connectivity index (χ3n) is 3.41. The molecule has 1 atom stereocenters. The summed E-state index contributed by atoms with van der Waals surface area (Å²) in [6.45, 7) is 0.567. The Morgan fingerprint density at radius 1 is 1.00 bits per heavy atom. The van der Waals surface area contributed by atoms with Gasteiger partial charge >= 0.3 is 0 Å². The number of nitrogens with one attached hydrogen (secondary N) is 1. The van der Waals surface area contributed by atoms with Crippen LogP contribution in [0.15, 0.2) is 60.9 Å². The number of nitrogens with two attached hydrogens (primary N) is 1. The highest BCUT2D eigenvalue weighted by atomic mass is 35.5.